The molecule has 2 rings (SSSR count). The molecule has 0 atom stereocenters. The maximum atomic E-state index is 12.7. The third kappa shape index (κ3) is 3.82. The monoisotopic (exact) mass is 279 g/mol. The third-order valence-electron chi connectivity index (χ3n) is 4.16. The van der Waals surface area contributed by atoms with Crippen LogP contribution in [0.1, 0.15) is 44.2 Å². The van der Waals surface area contributed by atoms with Gasteiger partial charge in [-0.1, -0.05) is 25.7 Å². The summed E-state index contributed by atoms with van der Waals surface area (Å²) in [5, 5.41) is 9.22. The van der Waals surface area contributed by atoms with E-state index < -0.39 is 0 Å². The smallest absolute Gasteiger partial charge is 0.226 e. The molecule has 1 fully saturated rings. The zero-order chi connectivity index (χ0) is 14.4. The molecule has 1 saturated carbocycles. The largest absolute Gasteiger partial charge is 0.395 e. The van der Waals surface area contributed by atoms with Gasteiger partial charge in [0.25, 0.3) is 0 Å². The number of nitrogens with zero attached hydrogens (tertiary/aromatic N) is 3. The van der Waals surface area contributed by atoms with E-state index in [9.17, 15) is 9.90 Å². The first kappa shape index (κ1) is 15.0. The number of hydrogen-bond donors (Lipinski definition) is 1. The highest BCUT2D eigenvalue weighted by Crippen LogP contribution is 2.25. The van der Waals surface area contributed by atoms with Crippen LogP contribution in [0.15, 0.2) is 12.5 Å². The second-order valence-corrected chi connectivity index (χ2v) is 5.67. The molecule has 5 heteroatoms. The lowest BCUT2D eigenvalue weighted by Gasteiger charge is -2.26. The van der Waals surface area contributed by atoms with Gasteiger partial charge in [0.2, 0.25) is 5.91 Å². The summed E-state index contributed by atoms with van der Waals surface area (Å²) < 4.78 is 1.92. The topological polar surface area (TPSA) is 58.4 Å². The third-order valence-corrected chi connectivity index (χ3v) is 4.16. The van der Waals surface area contributed by atoms with Gasteiger partial charge in [-0.05, 0) is 12.8 Å². The highest BCUT2D eigenvalue weighted by Gasteiger charge is 2.25. The fourth-order valence-electron chi connectivity index (χ4n) is 2.90. The minimum absolute atomic E-state index is 0.0102. The lowest BCUT2D eigenvalue weighted by molar-refractivity contribution is -0.137. The van der Waals surface area contributed by atoms with Crippen LogP contribution in [0.3, 0.4) is 0 Å². The number of carbonyl (C=O) groups excluding carboxylic acids is 1. The number of carbonyl (C=O) groups is 1. The number of aliphatic hydroxyl groups excluding tert-OH is 1. The number of aromatic nitrogens is 2. The maximum absolute atomic E-state index is 12.7. The first-order chi connectivity index (χ1) is 9.72. The van der Waals surface area contributed by atoms with Gasteiger partial charge in [0.05, 0.1) is 25.2 Å². The Morgan fingerprint density at radius 1 is 1.40 bits per heavy atom. The second kappa shape index (κ2) is 7.43. The van der Waals surface area contributed by atoms with Crippen molar-refractivity contribution < 1.29 is 9.90 Å². The number of imidazole rings is 1. The molecule has 1 heterocycles. The molecule has 1 N–H and O–H groups in total. The van der Waals surface area contributed by atoms with E-state index in [0.717, 1.165) is 31.4 Å². The summed E-state index contributed by atoms with van der Waals surface area (Å²) in [5.74, 6) is 0.333. The molecular formula is C15H25N3O2. The highest BCUT2D eigenvalue weighted by molar-refractivity contribution is 5.78. The van der Waals surface area contributed by atoms with Crippen molar-refractivity contribution in [2.24, 2.45) is 13.0 Å². The first-order valence-corrected chi connectivity index (χ1v) is 7.57. The van der Waals surface area contributed by atoms with Crippen LogP contribution in [0.5, 0.6) is 0 Å². The van der Waals surface area contributed by atoms with Gasteiger partial charge in [0, 0.05) is 25.7 Å². The SMILES string of the molecule is Cn1cncc1CN(CCO)C(=O)C1CCCCCC1. The Labute approximate surface area is 120 Å². The predicted octanol–water partition coefficient (Wildman–Crippen LogP) is 1.71. The van der Waals surface area contributed by atoms with E-state index in [1.165, 1.54) is 12.8 Å². The molecule has 0 spiro atoms. The first-order valence-electron chi connectivity index (χ1n) is 7.57. The van der Waals surface area contributed by atoms with Gasteiger partial charge in [0.15, 0.2) is 0 Å². The predicted molar refractivity (Wildman–Crippen MR) is 76.9 cm³/mol. The Hall–Kier alpha value is -1.36. The zero-order valence-corrected chi connectivity index (χ0v) is 12.3. The van der Waals surface area contributed by atoms with Gasteiger partial charge in [-0.3, -0.25) is 4.79 Å². The number of amides is 1. The van der Waals surface area contributed by atoms with E-state index in [-0.39, 0.29) is 18.4 Å². The van der Waals surface area contributed by atoms with Crippen LogP contribution in [0.25, 0.3) is 0 Å². The molecule has 1 aliphatic carbocycles. The summed E-state index contributed by atoms with van der Waals surface area (Å²) in [6.07, 6.45) is 10.3. The van der Waals surface area contributed by atoms with Crippen molar-refractivity contribution in [3.05, 3.63) is 18.2 Å². The molecule has 0 radical (unpaired) electrons. The van der Waals surface area contributed by atoms with Crippen LogP contribution in [0.4, 0.5) is 0 Å². The molecule has 5 nitrogen and oxygen atoms in total. The fourth-order valence-corrected chi connectivity index (χ4v) is 2.90. The van der Waals surface area contributed by atoms with Gasteiger partial charge >= 0.3 is 0 Å². The van der Waals surface area contributed by atoms with Crippen molar-refractivity contribution in [1.82, 2.24) is 14.5 Å². The minimum atomic E-state index is 0.0102. The van der Waals surface area contributed by atoms with Gasteiger partial charge in [-0.25, -0.2) is 4.98 Å². The lowest BCUT2D eigenvalue weighted by Crippen LogP contribution is -2.38. The van der Waals surface area contributed by atoms with Gasteiger partial charge < -0.3 is 14.6 Å². The van der Waals surface area contributed by atoms with Crippen LogP contribution in [-0.2, 0) is 18.4 Å². The summed E-state index contributed by atoms with van der Waals surface area (Å²) >= 11 is 0. The fraction of sp³-hybridized carbons (Fsp3) is 0.733. The summed E-state index contributed by atoms with van der Waals surface area (Å²) in [4.78, 5) is 18.5. The Balaban J connectivity index is 2.02. The van der Waals surface area contributed by atoms with Crippen molar-refractivity contribution in [3.8, 4) is 0 Å². The highest BCUT2D eigenvalue weighted by atomic mass is 16.3. The van der Waals surface area contributed by atoms with E-state index in [1.54, 1.807) is 17.4 Å². The summed E-state index contributed by atoms with van der Waals surface area (Å²) in [5.41, 5.74) is 1.00. The summed E-state index contributed by atoms with van der Waals surface area (Å²) in [7, 11) is 1.93. The van der Waals surface area contributed by atoms with Crippen LogP contribution in [0.2, 0.25) is 0 Å². The maximum Gasteiger partial charge on any atom is 0.226 e. The van der Waals surface area contributed by atoms with Gasteiger partial charge in [-0.15, -0.1) is 0 Å². The van der Waals surface area contributed by atoms with Gasteiger partial charge in [-0.2, -0.15) is 0 Å². The van der Waals surface area contributed by atoms with Crippen LogP contribution < -0.4 is 0 Å². The number of aliphatic hydroxyl groups is 1. The standard InChI is InChI=1S/C15H25N3O2/c1-17-12-16-10-14(17)11-18(8-9-19)15(20)13-6-4-2-3-5-7-13/h10,12-13,19H,2-9,11H2,1H3. The minimum Gasteiger partial charge on any atom is -0.395 e. The molecule has 0 aromatic carbocycles. The number of rotatable bonds is 5. The molecule has 1 aliphatic rings. The van der Waals surface area contributed by atoms with E-state index in [0.29, 0.717) is 13.1 Å². The van der Waals surface area contributed by atoms with E-state index in [1.807, 2.05) is 11.6 Å². The average Bonchev–Trinajstić information content (AvgIpc) is 2.70. The Morgan fingerprint density at radius 3 is 2.65 bits per heavy atom. The number of aryl methyl sites for hydroxylation is 1. The Kier molecular flexibility index (Phi) is 5.59. The quantitative estimate of drug-likeness (QED) is 0.835. The molecule has 1 amide bonds. The molecule has 20 heavy (non-hydrogen) atoms. The van der Waals surface area contributed by atoms with Crippen molar-refractivity contribution >= 4 is 5.91 Å². The Bertz CT molecular complexity index is 423. The molecular weight excluding hydrogens is 254 g/mol. The normalized spacial score (nSPS) is 16.9. The van der Waals surface area contributed by atoms with Crippen molar-refractivity contribution in [1.29, 1.82) is 0 Å². The van der Waals surface area contributed by atoms with E-state index in [4.69, 9.17) is 0 Å². The van der Waals surface area contributed by atoms with Crippen LogP contribution >= 0.6 is 0 Å². The molecule has 1 aromatic heterocycles. The molecule has 0 saturated heterocycles. The van der Waals surface area contributed by atoms with Crippen LogP contribution in [0, 0.1) is 5.92 Å². The average molecular weight is 279 g/mol. The summed E-state index contributed by atoms with van der Waals surface area (Å²) in [6, 6.07) is 0. The van der Waals surface area contributed by atoms with E-state index >= 15 is 0 Å². The molecule has 0 bridgehead atoms. The van der Waals surface area contributed by atoms with Crippen molar-refractivity contribution in [3.63, 3.8) is 0 Å². The lowest BCUT2D eigenvalue weighted by atomic mass is 9.98. The Morgan fingerprint density at radius 2 is 2.10 bits per heavy atom. The molecule has 112 valence electrons. The van der Waals surface area contributed by atoms with Gasteiger partial charge in [0.1, 0.15) is 0 Å². The molecule has 0 unspecified atom stereocenters. The summed E-state index contributed by atoms with van der Waals surface area (Å²) in [6.45, 7) is 0.948. The second-order valence-electron chi connectivity index (χ2n) is 5.67. The molecule has 0 aliphatic heterocycles. The van der Waals surface area contributed by atoms with Crippen molar-refractivity contribution in [2.45, 2.75) is 45.1 Å². The van der Waals surface area contributed by atoms with Crippen molar-refractivity contribution in [2.75, 3.05) is 13.2 Å². The number of hydrogen-bond acceptors (Lipinski definition) is 3. The van der Waals surface area contributed by atoms with E-state index in [2.05, 4.69) is 4.98 Å². The zero-order valence-electron chi connectivity index (χ0n) is 12.3. The molecule has 1 aromatic rings. The van der Waals surface area contributed by atoms with Crippen LogP contribution in [-0.4, -0.2) is 38.6 Å².